The minimum Gasteiger partial charge on any atom is -0.354 e. The zero-order valence-electron chi connectivity index (χ0n) is 14.6. The van der Waals surface area contributed by atoms with Crippen molar-refractivity contribution >= 4 is 11.6 Å². The molecule has 3 heterocycles. The van der Waals surface area contributed by atoms with E-state index in [0.717, 1.165) is 11.1 Å². The van der Waals surface area contributed by atoms with Gasteiger partial charge in [-0.3, -0.25) is 5.10 Å². The van der Waals surface area contributed by atoms with Crippen molar-refractivity contribution in [2.24, 2.45) is 0 Å². The van der Waals surface area contributed by atoms with Crippen LogP contribution >= 0.6 is 11.6 Å². The maximum atomic E-state index is 13.3. The number of rotatable bonds is 4. The highest BCUT2D eigenvalue weighted by Gasteiger charge is 2.59. The Kier molecular flexibility index (Phi) is 5.14. The van der Waals surface area contributed by atoms with E-state index in [-0.39, 0.29) is 11.9 Å². The largest absolute Gasteiger partial charge is 0.354 e. The number of ether oxygens (including phenoxy) is 1. The van der Waals surface area contributed by atoms with E-state index in [4.69, 9.17) is 16.3 Å². The van der Waals surface area contributed by atoms with Crippen LogP contribution in [0.15, 0.2) is 73.6 Å². The number of aromatic amines is 1. The van der Waals surface area contributed by atoms with Crippen LogP contribution in [-0.2, 0) is 16.9 Å². The first-order valence-electron chi connectivity index (χ1n) is 8.50. The number of halogens is 2. The smallest absolute Gasteiger partial charge is 0.144 e. The van der Waals surface area contributed by atoms with Crippen LogP contribution in [0, 0.1) is 5.82 Å². The van der Waals surface area contributed by atoms with Crippen molar-refractivity contribution in [3.05, 3.63) is 95.5 Å². The molecule has 7 nitrogen and oxygen atoms in total. The Labute approximate surface area is 165 Å². The zero-order chi connectivity index (χ0) is 19.4. The molecule has 0 saturated carbocycles. The number of epoxide rings is 1. The number of hydrogen-bond acceptors (Lipinski definition) is 5. The fraction of sp³-hybridized carbons (Fsp3) is 0.158. The van der Waals surface area contributed by atoms with Gasteiger partial charge in [-0.05, 0) is 23.8 Å². The van der Waals surface area contributed by atoms with Gasteiger partial charge in [0.15, 0.2) is 0 Å². The molecule has 2 aromatic carbocycles. The Bertz CT molecular complexity index is 992. The van der Waals surface area contributed by atoms with Crippen molar-refractivity contribution in [2.75, 3.05) is 0 Å². The van der Waals surface area contributed by atoms with E-state index in [0.29, 0.717) is 11.6 Å². The summed E-state index contributed by atoms with van der Waals surface area (Å²) in [6.45, 7) is 0.481. The third-order valence-corrected chi connectivity index (χ3v) is 4.75. The van der Waals surface area contributed by atoms with Gasteiger partial charge in [0.1, 0.15) is 30.2 Å². The van der Waals surface area contributed by atoms with E-state index in [9.17, 15) is 4.39 Å². The van der Waals surface area contributed by atoms with Crippen molar-refractivity contribution in [2.45, 2.75) is 18.2 Å². The molecule has 1 aliphatic heterocycles. The number of nitrogens with one attached hydrogen (secondary N) is 1. The number of hydrogen-bond donors (Lipinski definition) is 1. The zero-order valence-corrected chi connectivity index (χ0v) is 15.4. The summed E-state index contributed by atoms with van der Waals surface area (Å²) in [5, 5.41) is 14.1. The first-order chi connectivity index (χ1) is 13.7. The van der Waals surface area contributed by atoms with Crippen molar-refractivity contribution < 1.29 is 9.13 Å². The minimum atomic E-state index is -0.619. The van der Waals surface area contributed by atoms with E-state index in [1.165, 1.54) is 18.5 Å². The number of aromatic nitrogens is 6. The molecule has 1 N–H and O–H groups in total. The topological polar surface area (TPSA) is 84.8 Å². The molecule has 1 aliphatic rings. The third-order valence-electron chi connectivity index (χ3n) is 4.41. The van der Waals surface area contributed by atoms with Gasteiger partial charge in [0.25, 0.3) is 0 Å². The lowest BCUT2D eigenvalue weighted by Crippen LogP contribution is -2.19. The fourth-order valence-corrected chi connectivity index (χ4v) is 3.30. The van der Waals surface area contributed by atoms with Crippen LogP contribution in [0.25, 0.3) is 0 Å². The van der Waals surface area contributed by atoms with Gasteiger partial charge in [-0.15, -0.1) is 5.10 Å². The van der Waals surface area contributed by atoms with Crippen molar-refractivity contribution in [1.82, 2.24) is 30.2 Å². The molecule has 0 spiro atoms. The minimum absolute atomic E-state index is 0.203. The molecule has 0 aliphatic carbocycles. The van der Waals surface area contributed by atoms with Crippen LogP contribution in [0.2, 0.25) is 5.02 Å². The standard InChI is InChI=1S/C17H13ClFN3O.C2H3N3/c18-15-4-2-1-3-14(15)16-17(23-16,9-22-11-20-10-21-22)12-5-7-13(19)8-6-12;1-2-4-5-3-1/h1-8,10-11,16H,9H2;1-2H,(H,3,4,5). The predicted molar refractivity (Wildman–Crippen MR) is 99.8 cm³/mol. The first kappa shape index (κ1) is 18.3. The van der Waals surface area contributed by atoms with Crippen molar-refractivity contribution in [3.63, 3.8) is 0 Å². The summed E-state index contributed by atoms with van der Waals surface area (Å²) in [4.78, 5) is 3.97. The van der Waals surface area contributed by atoms with Gasteiger partial charge >= 0.3 is 0 Å². The van der Waals surface area contributed by atoms with Crippen LogP contribution in [0.5, 0.6) is 0 Å². The quantitative estimate of drug-likeness (QED) is 0.531. The van der Waals surface area contributed by atoms with Gasteiger partial charge in [0, 0.05) is 16.8 Å². The van der Waals surface area contributed by atoms with Gasteiger partial charge in [0.05, 0.1) is 12.7 Å². The molecule has 1 fully saturated rings. The molecule has 0 bridgehead atoms. The molecule has 4 aromatic rings. The number of nitrogens with zero attached hydrogens (tertiary/aromatic N) is 5. The first-order valence-corrected chi connectivity index (χ1v) is 8.88. The Balaban J connectivity index is 0.000000336. The average Bonchev–Trinajstić information content (AvgIpc) is 3.14. The van der Waals surface area contributed by atoms with Gasteiger partial charge in [-0.1, -0.05) is 47.1 Å². The van der Waals surface area contributed by atoms with E-state index in [2.05, 4.69) is 25.5 Å². The summed E-state index contributed by atoms with van der Waals surface area (Å²) in [5.74, 6) is -0.278. The molecule has 142 valence electrons. The SMILES string of the molecule is Fc1ccc(C2(Cn3cncn3)OC2c2ccccc2Cl)cc1.c1c[nH]nn1. The molecule has 2 unspecified atom stereocenters. The number of H-pyrrole nitrogens is 1. The summed E-state index contributed by atoms with van der Waals surface area (Å²) < 4.78 is 21.1. The summed E-state index contributed by atoms with van der Waals surface area (Å²) in [5.41, 5.74) is 1.18. The van der Waals surface area contributed by atoms with Gasteiger partial charge in [0.2, 0.25) is 0 Å². The Morgan fingerprint density at radius 1 is 1.18 bits per heavy atom. The lowest BCUT2D eigenvalue weighted by molar-refractivity contribution is 0.262. The van der Waals surface area contributed by atoms with Gasteiger partial charge in [-0.25, -0.2) is 14.1 Å². The second-order valence-electron chi connectivity index (χ2n) is 6.17. The second kappa shape index (κ2) is 7.87. The maximum Gasteiger partial charge on any atom is 0.144 e. The predicted octanol–water partition coefficient (Wildman–Crippen LogP) is 3.54. The molecule has 2 atom stereocenters. The lowest BCUT2D eigenvalue weighted by atomic mass is 9.91. The Hall–Kier alpha value is -3.10. The van der Waals surface area contributed by atoms with Crippen LogP contribution < -0.4 is 0 Å². The van der Waals surface area contributed by atoms with E-state index in [1.54, 1.807) is 35.5 Å². The molecular weight excluding hydrogens is 383 g/mol. The third kappa shape index (κ3) is 3.78. The van der Waals surface area contributed by atoms with E-state index >= 15 is 0 Å². The summed E-state index contributed by atoms with van der Waals surface area (Å²) in [6, 6.07) is 13.9. The molecule has 1 saturated heterocycles. The van der Waals surface area contributed by atoms with Crippen LogP contribution in [0.3, 0.4) is 0 Å². The summed E-state index contributed by atoms with van der Waals surface area (Å²) in [6.07, 6.45) is 6.15. The van der Waals surface area contributed by atoms with Crippen molar-refractivity contribution in [1.29, 1.82) is 0 Å². The Morgan fingerprint density at radius 2 is 2.00 bits per heavy atom. The molecule has 0 radical (unpaired) electrons. The highest BCUT2D eigenvalue weighted by atomic mass is 35.5. The summed E-state index contributed by atoms with van der Waals surface area (Å²) in [7, 11) is 0. The molecule has 0 amide bonds. The average molecular weight is 399 g/mol. The highest BCUT2D eigenvalue weighted by Crippen LogP contribution is 2.59. The lowest BCUT2D eigenvalue weighted by Gasteiger charge is -2.14. The molecule has 5 rings (SSSR count). The van der Waals surface area contributed by atoms with E-state index < -0.39 is 5.60 Å². The maximum absolute atomic E-state index is 13.3. The molecule has 9 heteroatoms. The summed E-state index contributed by atoms with van der Waals surface area (Å²) >= 11 is 6.31. The van der Waals surface area contributed by atoms with Crippen LogP contribution in [0.4, 0.5) is 4.39 Å². The molecular formula is C19H16ClFN6O. The normalized spacial score (nSPS) is 20.3. The molecule has 28 heavy (non-hydrogen) atoms. The monoisotopic (exact) mass is 398 g/mol. The van der Waals surface area contributed by atoms with Gasteiger partial charge in [-0.2, -0.15) is 5.10 Å². The second-order valence-corrected chi connectivity index (χ2v) is 6.58. The Morgan fingerprint density at radius 3 is 2.61 bits per heavy atom. The van der Waals surface area contributed by atoms with Crippen molar-refractivity contribution in [3.8, 4) is 0 Å². The number of benzene rings is 2. The van der Waals surface area contributed by atoms with Gasteiger partial charge < -0.3 is 4.74 Å². The molecule has 2 aromatic heterocycles. The van der Waals surface area contributed by atoms with E-state index in [1.807, 2.05) is 24.3 Å². The fourth-order valence-electron chi connectivity index (χ4n) is 3.06. The van der Waals surface area contributed by atoms with Crippen LogP contribution in [0.1, 0.15) is 17.2 Å². The highest BCUT2D eigenvalue weighted by molar-refractivity contribution is 6.31. The van der Waals surface area contributed by atoms with Crippen LogP contribution in [-0.4, -0.2) is 30.2 Å².